The maximum absolute atomic E-state index is 12.5. The summed E-state index contributed by atoms with van der Waals surface area (Å²) in [6.07, 6.45) is 2.98. The van der Waals surface area contributed by atoms with Gasteiger partial charge in [0.2, 0.25) is 5.91 Å². The third kappa shape index (κ3) is 4.54. The van der Waals surface area contributed by atoms with Crippen molar-refractivity contribution in [1.29, 1.82) is 0 Å². The quantitative estimate of drug-likeness (QED) is 0.595. The summed E-state index contributed by atoms with van der Waals surface area (Å²) in [5, 5.41) is 3.06. The minimum absolute atomic E-state index is 0.0702. The number of hydrogen-bond donors (Lipinski definition) is 1. The van der Waals surface area contributed by atoms with E-state index in [9.17, 15) is 4.79 Å². The van der Waals surface area contributed by atoms with Crippen molar-refractivity contribution >= 4 is 32.9 Å². The Balaban J connectivity index is 1.60. The molecule has 0 spiro atoms. The van der Waals surface area contributed by atoms with Gasteiger partial charge in [-0.1, -0.05) is 35.0 Å². The Morgan fingerprint density at radius 2 is 2.00 bits per heavy atom. The number of para-hydroxylation sites is 2. The lowest BCUT2D eigenvalue weighted by Gasteiger charge is -2.31. The van der Waals surface area contributed by atoms with E-state index in [-0.39, 0.29) is 11.8 Å². The number of hydrogen-bond acceptors (Lipinski definition) is 3. The standard InChI is InChI=1S/C23H27BrN4O/c1-2-13-25-23(29)17-6-5-14-27(15-17)16-22-26-20-7-3-4-8-21(20)28(22)19-11-9-18(24)10-12-19/h3-4,7-12,17H,2,5-6,13-16H2,1H3,(H,25,29)/t17-/m0/s1. The topological polar surface area (TPSA) is 50.2 Å². The van der Waals surface area contributed by atoms with E-state index in [1.54, 1.807) is 0 Å². The molecular weight excluding hydrogens is 428 g/mol. The van der Waals surface area contributed by atoms with Crippen molar-refractivity contribution in [3.05, 3.63) is 58.8 Å². The Labute approximate surface area is 180 Å². The highest BCUT2D eigenvalue weighted by molar-refractivity contribution is 9.10. The molecule has 0 saturated carbocycles. The van der Waals surface area contributed by atoms with Gasteiger partial charge in [-0.25, -0.2) is 4.98 Å². The van der Waals surface area contributed by atoms with Gasteiger partial charge < -0.3 is 5.32 Å². The molecule has 5 nitrogen and oxygen atoms in total. The van der Waals surface area contributed by atoms with Crippen LogP contribution in [-0.4, -0.2) is 40.0 Å². The summed E-state index contributed by atoms with van der Waals surface area (Å²) < 4.78 is 3.30. The van der Waals surface area contributed by atoms with Crippen LogP contribution in [0.25, 0.3) is 16.7 Å². The van der Waals surface area contributed by atoms with Crippen LogP contribution in [0.2, 0.25) is 0 Å². The van der Waals surface area contributed by atoms with Gasteiger partial charge >= 0.3 is 0 Å². The summed E-state index contributed by atoms with van der Waals surface area (Å²) in [6, 6.07) is 16.6. The number of fused-ring (bicyclic) bond motifs is 1. The van der Waals surface area contributed by atoms with E-state index in [2.05, 4.69) is 80.1 Å². The van der Waals surface area contributed by atoms with Crippen molar-refractivity contribution in [1.82, 2.24) is 19.8 Å². The van der Waals surface area contributed by atoms with E-state index >= 15 is 0 Å². The smallest absolute Gasteiger partial charge is 0.224 e. The van der Waals surface area contributed by atoms with E-state index in [0.717, 1.165) is 72.5 Å². The fourth-order valence-corrected chi connectivity index (χ4v) is 4.33. The first-order valence-corrected chi connectivity index (χ1v) is 11.2. The average molecular weight is 455 g/mol. The molecule has 1 N–H and O–H groups in total. The number of rotatable bonds is 6. The van der Waals surface area contributed by atoms with Crippen molar-refractivity contribution in [2.75, 3.05) is 19.6 Å². The van der Waals surface area contributed by atoms with E-state index in [1.807, 2.05) is 6.07 Å². The van der Waals surface area contributed by atoms with Crippen molar-refractivity contribution in [2.24, 2.45) is 5.92 Å². The van der Waals surface area contributed by atoms with Crippen LogP contribution in [0, 0.1) is 5.92 Å². The maximum Gasteiger partial charge on any atom is 0.224 e. The predicted octanol–water partition coefficient (Wildman–Crippen LogP) is 4.53. The number of nitrogens with zero attached hydrogens (tertiary/aromatic N) is 3. The molecule has 2 aromatic carbocycles. The lowest BCUT2D eigenvalue weighted by atomic mass is 9.97. The molecule has 6 heteroatoms. The van der Waals surface area contributed by atoms with E-state index in [0.29, 0.717) is 0 Å². The summed E-state index contributed by atoms with van der Waals surface area (Å²) in [4.78, 5) is 19.8. The van der Waals surface area contributed by atoms with Crippen molar-refractivity contribution in [3.8, 4) is 5.69 Å². The van der Waals surface area contributed by atoms with Gasteiger partial charge in [0.25, 0.3) is 0 Å². The summed E-state index contributed by atoms with van der Waals surface area (Å²) in [6.45, 7) is 5.37. The Bertz CT molecular complexity index is 982. The van der Waals surface area contributed by atoms with Gasteiger partial charge in [0.05, 0.1) is 23.5 Å². The zero-order valence-corrected chi connectivity index (χ0v) is 18.4. The molecule has 1 amide bonds. The number of amides is 1. The van der Waals surface area contributed by atoms with Crippen LogP contribution in [0.15, 0.2) is 53.0 Å². The number of nitrogens with one attached hydrogen (secondary N) is 1. The fraction of sp³-hybridized carbons (Fsp3) is 0.391. The van der Waals surface area contributed by atoms with Crippen LogP contribution in [0.5, 0.6) is 0 Å². The number of imidazole rings is 1. The second-order valence-electron chi connectivity index (χ2n) is 7.69. The van der Waals surface area contributed by atoms with Crippen molar-refractivity contribution in [3.63, 3.8) is 0 Å². The molecule has 3 aromatic rings. The second kappa shape index (κ2) is 9.09. The lowest BCUT2D eigenvalue weighted by molar-refractivity contribution is -0.126. The van der Waals surface area contributed by atoms with Gasteiger partial charge in [0, 0.05) is 23.2 Å². The van der Waals surface area contributed by atoms with Crippen LogP contribution < -0.4 is 5.32 Å². The molecule has 0 aliphatic carbocycles. The number of benzene rings is 2. The van der Waals surface area contributed by atoms with Gasteiger partial charge in [-0.05, 0) is 62.2 Å². The molecule has 4 rings (SSSR count). The molecule has 1 saturated heterocycles. The average Bonchev–Trinajstić information content (AvgIpc) is 3.10. The molecule has 1 fully saturated rings. The lowest BCUT2D eigenvalue weighted by Crippen LogP contribution is -2.43. The van der Waals surface area contributed by atoms with Gasteiger partial charge in [-0.15, -0.1) is 0 Å². The number of halogens is 1. The molecule has 0 radical (unpaired) electrons. The molecule has 29 heavy (non-hydrogen) atoms. The van der Waals surface area contributed by atoms with Crippen LogP contribution in [0.3, 0.4) is 0 Å². The molecule has 1 atom stereocenters. The Hall–Kier alpha value is -2.18. The molecule has 1 aromatic heterocycles. The van der Waals surface area contributed by atoms with Gasteiger partial charge in [-0.2, -0.15) is 0 Å². The van der Waals surface area contributed by atoms with E-state index in [4.69, 9.17) is 4.98 Å². The molecule has 1 aliphatic heterocycles. The fourth-order valence-electron chi connectivity index (χ4n) is 4.07. The largest absolute Gasteiger partial charge is 0.356 e. The molecule has 152 valence electrons. The molecule has 1 aliphatic rings. The summed E-state index contributed by atoms with van der Waals surface area (Å²) in [5.74, 6) is 1.28. The summed E-state index contributed by atoms with van der Waals surface area (Å²) in [5.41, 5.74) is 3.21. The SMILES string of the molecule is CCCNC(=O)[C@H]1CCCN(Cc2nc3ccccc3n2-c2ccc(Br)cc2)C1. The normalized spacial score (nSPS) is 17.5. The number of carbonyl (C=O) groups is 1. The molecular formula is C23H27BrN4O. The number of aromatic nitrogens is 2. The number of likely N-dealkylation sites (tertiary alicyclic amines) is 1. The van der Waals surface area contributed by atoms with E-state index < -0.39 is 0 Å². The number of piperidine rings is 1. The predicted molar refractivity (Wildman–Crippen MR) is 120 cm³/mol. The van der Waals surface area contributed by atoms with E-state index in [1.165, 1.54) is 0 Å². The first-order valence-electron chi connectivity index (χ1n) is 10.4. The Kier molecular flexibility index (Phi) is 6.31. The Morgan fingerprint density at radius 3 is 2.79 bits per heavy atom. The molecule has 2 heterocycles. The minimum Gasteiger partial charge on any atom is -0.356 e. The highest BCUT2D eigenvalue weighted by atomic mass is 79.9. The van der Waals surface area contributed by atoms with Crippen LogP contribution in [0.4, 0.5) is 0 Å². The first-order chi connectivity index (χ1) is 14.2. The monoisotopic (exact) mass is 454 g/mol. The van der Waals surface area contributed by atoms with Gasteiger partial charge in [0.1, 0.15) is 5.82 Å². The molecule has 0 bridgehead atoms. The van der Waals surface area contributed by atoms with Gasteiger partial charge in [0.15, 0.2) is 0 Å². The number of carbonyl (C=O) groups excluding carboxylic acids is 1. The third-order valence-corrected chi connectivity index (χ3v) is 6.03. The first kappa shape index (κ1) is 20.1. The second-order valence-corrected chi connectivity index (χ2v) is 8.61. The van der Waals surface area contributed by atoms with Crippen molar-refractivity contribution in [2.45, 2.75) is 32.7 Å². The molecule has 0 unspecified atom stereocenters. The highest BCUT2D eigenvalue weighted by Crippen LogP contribution is 2.25. The van der Waals surface area contributed by atoms with Crippen LogP contribution >= 0.6 is 15.9 Å². The third-order valence-electron chi connectivity index (χ3n) is 5.51. The summed E-state index contributed by atoms with van der Waals surface area (Å²) in [7, 11) is 0. The van der Waals surface area contributed by atoms with Crippen LogP contribution in [-0.2, 0) is 11.3 Å². The van der Waals surface area contributed by atoms with Crippen LogP contribution in [0.1, 0.15) is 32.0 Å². The zero-order chi connectivity index (χ0) is 20.2. The van der Waals surface area contributed by atoms with Gasteiger partial charge in [-0.3, -0.25) is 14.3 Å². The zero-order valence-electron chi connectivity index (χ0n) is 16.8. The highest BCUT2D eigenvalue weighted by Gasteiger charge is 2.26. The Morgan fingerprint density at radius 1 is 1.21 bits per heavy atom. The van der Waals surface area contributed by atoms with Crippen molar-refractivity contribution < 1.29 is 4.79 Å². The summed E-state index contributed by atoms with van der Waals surface area (Å²) >= 11 is 3.52. The minimum atomic E-state index is 0.0702. The maximum atomic E-state index is 12.5.